The molecule has 2 aliphatic rings. The lowest BCUT2D eigenvalue weighted by Gasteiger charge is -2.44. The van der Waals surface area contributed by atoms with Crippen molar-refractivity contribution < 1.29 is 28.6 Å². The monoisotopic (exact) mass is 577 g/mol. The Bertz CT molecular complexity index is 1300. The summed E-state index contributed by atoms with van der Waals surface area (Å²) in [7, 11) is 0. The van der Waals surface area contributed by atoms with Crippen LogP contribution < -0.4 is 0 Å². The molecule has 0 spiro atoms. The first-order valence-corrected chi connectivity index (χ1v) is 14.5. The summed E-state index contributed by atoms with van der Waals surface area (Å²) in [5, 5.41) is 0. The number of urea groups is 1. The Kier molecular flexibility index (Phi) is 9.30. The van der Waals surface area contributed by atoms with Crippen molar-refractivity contribution in [1.29, 1.82) is 0 Å². The van der Waals surface area contributed by atoms with Gasteiger partial charge in [-0.2, -0.15) is 0 Å². The van der Waals surface area contributed by atoms with Crippen LogP contribution in [0.4, 0.5) is 9.59 Å². The molecule has 0 radical (unpaired) electrons. The fourth-order valence-corrected chi connectivity index (χ4v) is 5.62. The first kappa shape index (κ1) is 31.1. The average Bonchev–Trinajstić information content (AvgIpc) is 3.23. The quantitative estimate of drug-likeness (QED) is 0.353. The summed E-state index contributed by atoms with van der Waals surface area (Å²) in [6.45, 7) is 13.6. The molecule has 42 heavy (non-hydrogen) atoms. The van der Waals surface area contributed by atoms with Crippen LogP contribution in [0.3, 0.4) is 0 Å². The van der Waals surface area contributed by atoms with Crippen molar-refractivity contribution in [2.24, 2.45) is 0 Å². The van der Waals surface area contributed by atoms with E-state index in [9.17, 15) is 14.4 Å². The third-order valence-electron chi connectivity index (χ3n) is 7.52. The third kappa shape index (κ3) is 6.95. The zero-order chi connectivity index (χ0) is 30.7. The molecule has 4 rings (SSSR count). The van der Waals surface area contributed by atoms with E-state index in [0.717, 1.165) is 11.1 Å². The summed E-state index contributed by atoms with van der Waals surface area (Å²) in [4.78, 5) is 46.3. The molecule has 9 heteroatoms. The zero-order valence-corrected chi connectivity index (χ0v) is 25.8. The molecule has 2 heterocycles. The fourth-order valence-electron chi connectivity index (χ4n) is 5.62. The lowest BCUT2D eigenvalue weighted by Crippen LogP contribution is -2.57. The van der Waals surface area contributed by atoms with Crippen LogP contribution in [0, 0.1) is 0 Å². The van der Waals surface area contributed by atoms with E-state index in [1.165, 1.54) is 0 Å². The van der Waals surface area contributed by atoms with Crippen molar-refractivity contribution >= 4 is 18.1 Å². The van der Waals surface area contributed by atoms with Gasteiger partial charge in [0.25, 0.3) is 0 Å². The second-order valence-electron chi connectivity index (χ2n) is 12.2. The summed E-state index contributed by atoms with van der Waals surface area (Å²) in [5.41, 5.74) is 1.16. The van der Waals surface area contributed by atoms with Crippen LogP contribution >= 0.6 is 0 Å². The number of rotatable bonds is 8. The summed E-state index contributed by atoms with van der Waals surface area (Å²) in [6, 6.07) is 18.0. The topological polar surface area (TPSA) is 88.6 Å². The van der Waals surface area contributed by atoms with Gasteiger partial charge in [-0.15, -0.1) is 0 Å². The molecule has 226 valence electrons. The number of carbonyl (C=O) groups excluding carboxylic acids is 3. The Morgan fingerprint density at radius 3 is 2.10 bits per heavy atom. The Balaban J connectivity index is 1.79. The number of nitrogens with zero attached hydrogens (tertiary/aromatic N) is 3. The minimum Gasteiger partial charge on any atom is -0.463 e. The highest BCUT2D eigenvalue weighted by molar-refractivity contribution is 5.94. The van der Waals surface area contributed by atoms with Crippen LogP contribution in [-0.2, 0) is 32.1 Å². The largest absolute Gasteiger partial charge is 0.463 e. The van der Waals surface area contributed by atoms with Gasteiger partial charge < -0.3 is 19.1 Å². The minimum atomic E-state index is -0.932. The van der Waals surface area contributed by atoms with E-state index in [1.54, 1.807) is 28.5 Å². The number of allylic oxidation sites excluding steroid dienone is 1. The van der Waals surface area contributed by atoms with Crippen LogP contribution in [0.5, 0.6) is 0 Å². The normalized spacial score (nSPS) is 20.6. The molecule has 0 saturated carbocycles. The van der Waals surface area contributed by atoms with Gasteiger partial charge in [-0.3, -0.25) is 9.80 Å². The Morgan fingerprint density at radius 1 is 0.976 bits per heavy atom. The number of hydrogen-bond acceptors (Lipinski definition) is 6. The van der Waals surface area contributed by atoms with E-state index in [2.05, 4.69) is 0 Å². The van der Waals surface area contributed by atoms with Gasteiger partial charge in [-0.05, 0) is 66.0 Å². The molecule has 2 aliphatic heterocycles. The molecular weight excluding hydrogens is 534 g/mol. The van der Waals surface area contributed by atoms with E-state index in [4.69, 9.17) is 14.2 Å². The number of esters is 1. The first-order valence-electron chi connectivity index (χ1n) is 14.5. The fraction of sp³-hybridized carbons (Fsp3) is 0.485. The predicted octanol–water partition coefficient (Wildman–Crippen LogP) is 6.09. The van der Waals surface area contributed by atoms with E-state index >= 15 is 0 Å². The molecule has 3 amide bonds. The Hall–Kier alpha value is -3.85. The number of benzene rings is 2. The van der Waals surface area contributed by atoms with Gasteiger partial charge in [0.15, 0.2) is 0 Å². The van der Waals surface area contributed by atoms with E-state index in [-0.39, 0.29) is 32.2 Å². The molecule has 0 aliphatic carbocycles. The van der Waals surface area contributed by atoms with Gasteiger partial charge in [0, 0.05) is 12.2 Å². The van der Waals surface area contributed by atoms with Crippen molar-refractivity contribution in [1.82, 2.24) is 14.7 Å². The summed E-state index contributed by atoms with van der Waals surface area (Å²) in [5.74, 6) is -0.481. The van der Waals surface area contributed by atoms with Crippen LogP contribution in [0.15, 0.2) is 71.9 Å². The minimum absolute atomic E-state index is 0.192. The highest BCUT2D eigenvalue weighted by Crippen LogP contribution is 2.37. The number of ether oxygens (including phenoxy) is 3. The SMILES string of the molecule is CCOC(=O)C1=C(C)N(Cc2ccccc2)C(=O)N(Cc2ccccc2)C1C[C@H]1COC(C)(C)N1C(=O)OC(C)(C)C. The van der Waals surface area contributed by atoms with Crippen LogP contribution in [-0.4, -0.2) is 69.4 Å². The van der Waals surface area contributed by atoms with Crippen molar-refractivity contribution in [2.75, 3.05) is 13.2 Å². The van der Waals surface area contributed by atoms with Gasteiger partial charge in [0.05, 0.1) is 37.4 Å². The van der Waals surface area contributed by atoms with Crippen molar-refractivity contribution in [3.63, 3.8) is 0 Å². The highest BCUT2D eigenvalue weighted by atomic mass is 16.6. The van der Waals surface area contributed by atoms with Gasteiger partial charge in [0.2, 0.25) is 0 Å². The second kappa shape index (κ2) is 12.6. The van der Waals surface area contributed by atoms with Crippen molar-refractivity contribution in [2.45, 2.75) is 91.4 Å². The van der Waals surface area contributed by atoms with Gasteiger partial charge in [0.1, 0.15) is 11.3 Å². The van der Waals surface area contributed by atoms with E-state index < -0.39 is 35.5 Å². The maximum Gasteiger partial charge on any atom is 0.412 e. The molecule has 0 N–H and O–H groups in total. The van der Waals surface area contributed by atoms with Crippen LogP contribution in [0.1, 0.15) is 66.0 Å². The predicted molar refractivity (Wildman–Crippen MR) is 159 cm³/mol. The number of amides is 3. The highest BCUT2D eigenvalue weighted by Gasteiger charge is 2.49. The van der Waals surface area contributed by atoms with Gasteiger partial charge in [-0.1, -0.05) is 60.7 Å². The molecule has 1 unspecified atom stereocenters. The smallest absolute Gasteiger partial charge is 0.412 e. The molecule has 9 nitrogen and oxygen atoms in total. The number of carbonyl (C=O) groups is 3. The van der Waals surface area contributed by atoms with Crippen molar-refractivity contribution in [3.05, 3.63) is 83.1 Å². The van der Waals surface area contributed by atoms with Crippen molar-refractivity contribution in [3.8, 4) is 0 Å². The molecular formula is C33H43N3O6. The standard InChI is InChI=1S/C33H43N3O6/c1-8-40-29(37)28-23(2)34(20-24-15-11-9-12-16-24)30(38)35(21-25-17-13-10-14-18-25)27(28)19-26-22-41-33(6,7)36(26)31(39)42-32(3,4)5/h9-18,26-27H,8,19-22H2,1-7H3/t26-,27?/m0/s1. The molecule has 2 atom stereocenters. The lowest BCUT2D eigenvalue weighted by atomic mass is 9.92. The summed E-state index contributed by atoms with van der Waals surface area (Å²) >= 11 is 0. The Labute approximate surface area is 249 Å². The van der Waals surface area contributed by atoms with Gasteiger partial charge >= 0.3 is 18.1 Å². The van der Waals surface area contributed by atoms with E-state index in [1.807, 2.05) is 95.3 Å². The molecule has 2 aromatic rings. The summed E-state index contributed by atoms with van der Waals surface area (Å²) < 4.78 is 17.4. The van der Waals surface area contributed by atoms with E-state index in [0.29, 0.717) is 17.8 Å². The molecule has 1 fully saturated rings. The average molecular weight is 578 g/mol. The first-order chi connectivity index (χ1) is 19.8. The zero-order valence-electron chi connectivity index (χ0n) is 25.8. The maximum absolute atomic E-state index is 14.3. The molecule has 0 bridgehead atoms. The maximum atomic E-state index is 14.3. The van der Waals surface area contributed by atoms with Gasteiger partial charge in [-0.25, -0.2) is 14.4 Å². The molecule has 0 aromatic heterocycles. The molecule has 1 saturated heterocycles. The number of hydrogen-bond donors (Lipinski definition) is 0. The van der Waals surface area contributed by atoms with Crippen LogP contribution in [0.25, 0.3) is 0 Å². The second-order valence-corrected chi connectivity index (χ2v) is 12.2. The molecule has 2 aromatic carbocycles. The lowest BCUT2D eigenvalue weighted by molar-refractivity contribution is -0.139. The summed E-state index contributed by atoms with van der Waals surface area (Å²) in [6.07, 6.45) is -0.234. The Morgan fingerprint density at radius 2 is 1.55 bits per heavy atom. The third-order valence-corrected chi connectivity index (χ3v) is 7.52. The van der Waals surface area contributed by atoms with Crippen LogP contribution in [0.2, 0.25) is 0 Å².